The molecule has 2 fully saturated rings. The number of hydrogen-bond donors (Lipinski definition) is 1. The van der Waals surface area contributed by atoms with E-state index in [0.717, 1.165) is 32.4 Å². The van der Waals surface area contributed by atoms with Crippen molar-refractivity contribution in [2.45, 2.75) is 37.8 Å². The Morgan fingerprint density at radius 2 is 1.92 bits per heavy atom. The fourth-order valence-corrected chi connectivity index (χ4v) is 3.75. The minimum Gasteiger partial charge on any atom is -0.444 e. The summed E-state index contributed by atoms with van der Waals surface area (Å²) in [6, 6.07) is 6.62. The summed E-state index contributed by atoms with van der Waals surface area (Å²) in [5, 5.41) is 3.40. The van der Waals surface area contributed by atoms with Crippen molar-refractivity contribution in [3.8, 4) is 11.5 Å². The van der Waals surface area contributed by atoms with Crippen molar-refractivity contribution >= 4 is 30.7 Å². The Bertz CT molecular complexity index is 724. The van der Waals surface area contributed by atoms with Gasteiger partial charge in [0.25, 0.3) is 0 Å². The van der Waals surface area contributed by atoms with Crippen LogP contribution in [0, 0.1) is 5.82 Å². The summed E-state index contributed by atoms with van der Waals surface area (Å²) in [5.74, 6) is 0.231. The van der Waals surface area contributed by atoms with Gasteiger partial charge in [-0.05, 0) is 50.1 Å². The summed E-state index contributed by atoms with van der Waals surface area (Å²) < 4.78 is 18.4. The van der Waals surface area contributed by atoms with Gasteiger partial charge in [0.15, 0.2) is 0 Å². The largest absolute Gasteiger partial charge is 0.444 e. The van der Waals surface area contributed by atoms with Gasteiger partial charge in [0.1, 0.15) is 12.1 Å². The van der Waals surface area contributed by atoms with Crippen LogP contribution in [0.5, 0.6) is 0 Å². The summed E-state index contributed by atoms with van der Waals surface area (Å²) in [7, 11) is 0. The first kappa shape index (κ1) is 20.7. The van der Waals surface area contributed by atoms with Crippen LogP contribution in [0.2, 0.25) is 0 Å². The molecule has 3 heterocycles. The topological polar surface area (TPSA) is 58.4 Å². The van der Waals surface area contributed by atoms with E-state index in [1.165, 1.54) is 18.4 Å². The number of hydrogen-bond acceptors (Lipinski definition) is 4. The molecule has 1 aromatic heterocycles. The second-order valence-corrected chi connectivity index (χ2v) is 6.51. The molecule has 1 N–H and O–H groups in total. The van der Waals surface area contributed by atoms with E-state index in [1.54, 1.807) is 12.1 Å². The monoisotopic (exact) mass is 401 g/mol. The predicted octanol–water partition coefficient (Wildman–Crippen LogP) is 3.22. The van der Waals surface area contributed by atoms with E-state index in [1.807, 2.05) is 4.90 Å². The first-order valence-electron chi connectivity index (χ1n) is 8.43. The summed E-state index contributed by atoms with van der Waals surface area (Å²) in [5.41, 5.74) is 1.32. The van der Waals surface area contributed by atoms with Crippen LogP contribution < -0.4 is 5.32 Å². The second-order valence-electron chi connectivity index (χ2n) is 6.51. The van der Waals surface area contributed by atoms with Crippen LogP contribution in [0.4, 0.5) is 4.39 Å². The van der Waals surface area contributed by atoms with Gasteiger partial charge in [-0.3, -0.25) is 4.79 Å². The second kappa shape index (κ2) is 8.84. The first-order valence-corrected chi connectivity index (χ1v) is 8.43. The van der Waals surface area contributed by atoms with Gasteiger partial charge in [-0.15, -0.1) is 24.8 Å². The van der Waals surface area contributed by atoms with Gasteiger partial charge >= 0.3 is 0 Å². The molecule has 5 nitrogen and oxygen atoms in total. The number of nitrogens with zero attached hydrogens (tertiary/aromatic N) is 2. The van der Waals surface area contributed by atoms with Crippen LogP contribution >= 0.6 is 24.8 Å². The molecule has 8 heteroatoms. The number of rotatable bonds is 3. The van der Waals surface area contributed by atoms with Crippen LogP contribution in [0.3, 0.4) is 0 Å². The SMILES string of the molecule is Cl.Cl.O=C(Cc1coc(-c2ccc(F)cc2)n1)N1C2CCNCC1CC2. The van der Waals surface area contributed by atoms with Crippen molar-refractivity contribution < 1.29 is 13.6 Å². The molecule has 2 aliphatic heterocycles. The van der Waals surface area contributed by atoms with E-state index in [-0.39, 0.29) is 43.0 Å². The zero-order valence-electron chi connectivity index (χ0n) is 14.2. The van der Waals surface area contributed by atoms with E-state index in [9.17, 15) is 9.18 Å². The number of halogens is 3. The van der Waals surface area contributed by atoms with Crippen molar-refractivity contribution in [3.63, 3.8) is 0 Å². The molecule has 1 amide bonds. The highest BCUT2D eigenvalue weighted by molar-refractivity contribution is 5.85. The third-order valence-corrected chi connectivity index (χ3v) is 4.92. The Balaban J connectivity index is 0.00000121. The normalized spacial score (nSPS) is 21.5. The Morgan fingerprint density at radius 1 is 1.19 bits per heavy atom. The maximum atomic E-state index is 13.0. The highest BCUT2D eigenvalue weighted by Crippen LogP contribution is 2.29. The Kier molecular flexibility index (Phi) is 7.03. The third kappa shape index (κ3) is 4.19. The number of carbonyl (C=O) groups is 1. The van der Waals surface area contributed by atoms with E-state index < -0.39 is 0 Å². The summed E-state index contributed by atoms with van der Waals surface area (Å²) in [4.78, 5) is 19.2. The fourth-order valence-electron chi connectivity index (χ4n) is 3.75. The average Bonchev–Trinajstić information content (AvgIpc) is 3.11. The Morgan fingerprint density at radius 3 is 2.69 bits per heavy atom. The standard InChI is InChI=1S/C18H20FN3O2.2ClH/c19-13-3-1-12(2-4-13)18-21-14(11-24-18)9-17(23)22-15-5-6-16(22)10-20-8-7-15;;/h1-4,11,15-16,20H,5-10H2;2*1H. The van der Waals surface area contributed by atoms with Gasteiger partial charge in [0.2, 0.25) is 11.8 Å². The van der Waals surface area contributed by atoms with Crippen LogP contribution in [-0.2, 0) is 11.2 Å². The lowest BCUT2D eigenvalue weighted by Crippen LogP contribution is -2.43. The number of fused-ring (bicyclic) bond motifs is 2. The smallest absolute Gasteiger partial charge is 0.229 e. The lowest BCUT2D eigenvalue weighted by molar-refractivity contribution is -0.133. The molecular formula is C18H22Cl2FN3O2. The Hall–Kier alpha value is -1.63. The molecule has 2 saturated heterocycles. The van der Waals surface area contributed by atoms with Crippen LogP contribution in [-0.4, -0.2) is 41.0 Å². The molecule has 142 valence electrons. The lowest BCUT2D eigenvalue weighted by Gasteiger charge is -2.27. The molecule has 26 heavy (non-hydrogen) atoms. The van der Waals surface area contributed by atoms with Gasteiger partial charge < -0.3 is 14.6 Å². The van der Waals surface area contributed by atoms with Crippen LogP contribution in [0.15, 0.2) is 34.9 Å². The number of carbonyl (C=O) groups excluding carboxylic acids is 1. The average molecular weight is 402 g/mol. The molecule has 2 unspecified atom stereocenters. The molecule has 0 radical (unpaired) electrons. The number of amides is 1. The molecule has 2 bridgehead atoms. The molecule has 2 atom stereocenters. The van der Waals surface area contributed by atoms with E-state index in [2.05, 4.69) is 10.3 Å². The molecule has 4 rings (SSSR count). The minimum absolute atomic E-state index is 0. The van der Waals surface area contributed by atoms with Crippen molar-refractivity contribution in [1.82, 2.24) is 15.2 Å². The van der Waals surface area contributed by atoms with E-state index in [0.29, 0.717) is 29.2 Å². The van der Waals surface area contributed by atoms with Gasteiger partial charge in [0, 0.05) is 24.2 Å². The zero-order chi connectivity index (χ0) is 16.5. The van der Waals surface area contributed by atoms with Crippen molar-refractivity contribution in [2.75, 3.05) is 13.1 Å². The molecule has 2 aromatic rings. The van der Waals surface area contributed by atoms with Crippen molar-refractivity contribution in [1.29, 1.82) is 0 Å². The quantitative estimate of drug-likeness (QED) is 0.857. The molecule has 0 aliphatic carbocycles. The maximum Gasteiger partial charge on any atom is 0.229 e. The van der Waals surface area contributed by atoms with Crippen LogP contribution in [0.1, 0.15) is 25.0 Å². The summed E-state index contributed by atoms with van der Waals surface area (Å²) in [6.45, 7) is 1.85. The molecule has 2 aliphatic rings. The molecule has 1 aromatic carbocycles. The summed E-state index contributed by atoms with van der Waals surface area (Å²) in [6.07, 6.45) is 4.95. The number of nitrogens with one attached hydrogen (secondary N) is 1. The number of aromatic nitrogens is 1. The maximum absolute atomic E-state index is 13.0. The van der Waals surface area contributed by atoms with E-state index in [4.69, 9.17) is 4.42 Å². The minimum atomic E-state index is -0.300. The molecule has 0 saturated carbocycles. The van der Waals surface area contributed by atoms with Crippen molar-refractivity contribution in [2.24, 2.45) is 0 Å². The predicted molar refractivity (Wildman–Crippen MR) is 101 cm³/mol. The number of benzene rings is 1. The highest BCUT2D eigenvalue weighted by Gasteiger charge is 2.37. The van der Waals surface area contributed by atoms with Gasteiger partial charge in [-0.25, -0.2) is 9.37 Å². The summed E-state index contributed by atoms with van der Waals surface area (Å²) >= 11 is 0. The third-order valence-electron chi connectivity index (χ3n) is 4.92. The molecular weight excluding hydrogens is 380 g/mol. The van der Waals surface area contributed by atoms with Crippen molar-refractivity contribution in [3.05, 3.63) is 42.0 Å². The Labute approximate surface area is 164 Å². The van der Waals surface area contributed by atoms with Gasteiger partial charge in [-0.2, -0.15) is 0 Å². The van der Waals surface area contributed by atoms with Gasteiger partial charge in [-0.1, -0.05) is 0 Å². The van der Waals surface area contributed by atoms with Crippen LogP contribution in [0.25, 0.3) is 11.5 Å². The first-order chi connectivity index (χ1) is 11.7. The highest BCUT2D eigenvalue weighted by atomic mass is 35.5. The van der Waals surface area contributed by atoms with Gasteiger partial charge in [0.05, 0.1) is 12.1 Å². The number of oxazole rings is 1. The van der Waals surface area contributed by atoms with E-state index >= 15 is 0 Å². The zero-order valence-corrected chi connectivity index (χ0v) is 15.8. The molecule has 0 spiro atoms. The lowest BCUT2D eigenvalue weighted by atomic mass is 10.1. The fraction of sp³-hybridized carbons (Fsp3) is 0.444.